The molecule has 172 valence electrons. The van der Waals surface area contributed by atoms with Gasteiger partial charge < -0.3 is 19.3 Å². The zero-order chi connectivity index (χ0) is 22.9. The van der Waals surface area contributed by atoms with E-state index in [-0.39, 0.29) is 5.91 Å². The number of nitrogens with zero attached hydrogens (tertiary/aromatic N) is 3. The Hall–Kier alpha value is -2.29. The van der Waals surface area contributed by atoms with E-state index in [0.717, 1.165) is 37.7 Å². The number of benzene rings is 1. The van der Waals surface area contributed by atoms with E-state index < -0.39 is 17.7 Å². The monoisotopic (exact) mass is 477 g/mol. The van der Waals surface area contributed by atoms with Crippen LogP contribution >= 0.6 is 22.9 Å². The van der Waals surface area contributed by atoms with Crippen molar-refractivity contribution >= 4 is 46.3 Å². The zero-order valence-corrected chi connectivity index (χ0v) is 20.1. The summed E-state index contributed by atoms with van der Waals surface area (Å²) >= 11 is 7.28. The van der Waals surface area contributed by atoms with E-state index >= 15 is 0 Å². The van der Waals surface area contributed by atoms with Crippen molar-refractivity contribution < 1.29 is 19.1 Å². The number of hydrogen-bond acceptors (Lipinski definition) is 6. The first-order chi connectivity index (χ1) is 15.2. The lowest BCUT2D eigenvalue weighted by Gasteiger charge is -2.36. The summed E-state index contributed by atoms with van der Waals surface area (Å²) in [6.07, 6.45) is -0.811. The highest BCUT2D eigenvalue weighted by Crippen LogP contribution is 2.29. The van der Waals surface area contributed by atoms with Gasteiger partial charge in [0.1, 0.15) is 6.10 Å². The third-order valence-corrected chi connectivity index (χ3v) is 6.86. The van der Waals surface area contributed by atoms with Crippen LogP contribution in [0.3, 0.4) is 0 Å². The molecular weight excluding hydrogens is 450 g/mol. The minimum Gasteiger partial charge on any atom is -0.442 e. The highest BCUT2D eigenvalue weighted by Gasteiger charge is 2.38. The predicted octanol–water partition coefficient (Wildman–Crippen LogP) is 4.50. The first kappa shape index (κ1) is 22.9. The van der Waals surface area contributed by atoms with Crippen molar-refractivity contribution in [3.05, 3.63) is 45.6 Å². The van der Waals surface area contributed by atoms with Gasteiger partial charge in [-0.1, -0.05) is 11.6 Å². The van der Waals surface area contributed by atoms with Crippen LogP contribution in [0.15, 0.2) is 36.4 Å². The molecule has 0 unspecified atom stereocenters. The number of ether oxygens (including phenoxy) is 2. The van der Waals surface area contributed by atoms with Gasteiger partial charge in [-0.2, -0.15) is 0 Å². The van der Waals surface area contributed by atoms with E-state index in [1.54, 1.807) is 21.9 Å². The summed E-state index contributed by atoms with van der Waals surface area (Å²) in [5.74, 6) is -0.112. The molecule has 0 bridgehead atoms. The Morgan fingerprint density at radius 2 is 1.78 bits per heavy atom. The van der Waals surface area contributed by atoms with Crippen LogP contribution in [-0.2, 0) is 9.47 Å². The quantitative estimate of drug-likeness (QED) is 0.634. The second kappa shape index (κ2) is 9.29. The molecule has 4 rings (SSSR count). The number of morpholine rings is 1. The van der Waals surface area contributed by atoms with Crippen LogP contribution < -0.4 is 9.80 Å². The van der Waals surface area contributed by atoms with E-state index in [0.29, 0.717) is 22.3 Å². The molecule has 0 aliphatic carbocycles. The van der Waals surface area contributed by atoms with Crippen molar-refractivity contribution in [3.63, 3.8) is 0 Å². The van der Waals surface area contributed by atoms with Gasteiger partial charge in [-0.15, -0.1) is 11.3 Å². The Morgan fingerprint density at radius 1 is 1.12 bits per heavy atom. The average molecular weight is 478 g/mol. The topological polar surface area (TPSA) is 62.3 Å². The third-order valence-electron chi connectivity index (χ3n) is 5.64. The number of hydrogen-bond donors (Lipinski definition) is 0. The first-order valence-electron chi connectivity index (χ1n) is 10.7. The fraction of sp³-hybridized carbons (Fsp3) is 0.478. The van der Waals surface area contributed by atoms with Crippen LogP contribution in [0.2, 0.25) is 4.34 Å². The molecule has 32 heavy (non-hydrogen) atoms. The van der Waals surface area contributed by atoms with Gasteiger partial charge in [-0.3, -0.25) is 9.69 Å². The molecule has 2 saturated heterocycles. The lowest BCUT2D eigenvalue weighted by atomic mass is 10.0. The number of rotatable bonds is 5. The Labute approximate surface area is 197 Å². The van der Waals surface area contributed by atoms with E-state index in [1.807, 2.05) is 45.0 Å². The summed E-state index contributed by atoms with van der Waals surface area (Å²) in [6, 6.07) is 11.4. The fourth-order valence-corrected chi connectivity index (χ4v) is 4.91. The fourth-order valence-electron chi connectivity index (χ4n) is 3.92. The van der Waals surface area contributed by atoms with Crippen LogP contribution in [0.1, 0.15) is 30.4 Å². The minimum atomic E-state index is -0.437. The molecular formula is C23H28ClN3O4S. The maximum absolute atomic E-state index is 13.1. The standard InChI is InChI=1S/C23H28ClN3O4S/c1-23(2,3)27(21(28)19-8-9-20(24)32-19)15-18-14-26(22(29)31-18)17-6-4-16(5-7-17)25-10-12-30-13-11-25/h4-9,18H,10-15H2,1-3H3/t18-/m1/s1. The summed E-state index contributed by atoms with van der Waals surface area (Å²) in [7, 11) is 0. The summed E-state index contributed by atoms with van der Waals surface area (Å²) in [6.45, 7) is 9.79. The Kier molecular flexibility index (Phi) is 6.65. The largest absolute Gasteiger partial charge is 0.442 e. The summed E-state index contributed by atoms with van der Waals surface area (Å²) < 4.78 is 11.6. The van der Waals surface area contributed by atoms with Crippen molar-refractivity contribution in [3.8, 4) is 0 Å². The number of halogens is 1. The van der Waals surface area contributed by atoms with E-state index in [1.165, 1.54) is 11.3 Å². The first-order valence-corrected chi connectivity index (χ1v) is 11.9. The van der Waals surface area contributed by atoms with Crippen molar-refractivity contribution in [1.82, 2.24) is 4.90 Å². The van der Waals surface area contributed by atoms with Crippen molar-refractivity contribution in [2.75, 3.05) is 49.2 Å². The van der Waals surface area contributed by atoms with Gasteiger partial charge in [0.05, 0.1) is 35.5 Å². The minimum absolute atomic E-state index is 0.112. The van der Waals surface area contributed by atoms with Crippen LogP contribution in [0.5, 0.6) is 0 Å². The molecule has 7 nitrogen and oxygen atoms in total. The summed E-state index contributed by atoms with van der Waals surface area (Å²) in [5, 5.41) is 0. The maximum atomic E-state index is 13.1. The highest BCUT2D eigenvalue weighted by molar-refractivity contribution is 7.17. The lowest BCUT2D eigenvalue weighted by Crippen LogP contribution is -2.49. The van der Waals surface area contributed by atoms with Gasteiger partial charge >= 0.3 is 6.09 Å². The Morgan fingerprint density at radius 3 is 2.38 bits per heavy atom. The molecule has 3 heterocycles. The van der Waals surface area contributed by atoms with Gasteiger partial charge in [-0.05, 0) is 57.2 Å². The number of amides is 2. The molecule has 1 aromatic carbocycles. The molecule has 2 amide bonds. The molecule has 2 fully saturated rings. The molecule has 9 heteroatoms. The number of thiophene rings is 1. The maximum Gasteiger partial charge on any atom is 0.414 e. The number of carbonyl (C=O) groups is 2. The van der Waals surface area contributed by atoms with Gasteiger partial charge in [0.2, 0.25) is 0 Å². The molecule has 0 N–H and O–H groups in total. The second-order valence-corrected chi connectivity index (χ2v) is 10.6. The van der Waals surface area contributed by atoms with Crippen molar-refractivity contribution in [1.29, 1.82) is 0 Å². The van der Waals surface area contributed by atoms with Crippen molar-refractivity contribution in [2.45, 2.75) is 32.4 Å². The second-order valence-electron chi connectivity index (χ2n) is 8.92. The van der Waals surface area contributed by atoms with Gasteiger partial charge in [0.15, 0.2) is 0 Å². The van der Waals surface area contributed by atoms with Gasteiger partial charge in [-0.25, -0.2) is 4.79 Å². The third kappa shape index (κ3) is 5.03. The smallest absolute Gasteiger partial charge is 0.414 e. The highest BCUT2D eigenvalue weighted by atomic mass is 35.5. The number of cyclic esters (lactones) is 1. The number of anilines is 2. The average Bonchev–Trinajstić information content (AvgIpc) is 3.37. The molecule has 1 atom stereocenters. The van der Waals surface area contributed by atoms with Crippen LogP contribution in [0.4, 0.5) is 16.2 Å². The van der Waals surface area contributed by atoms with Crippen LogP contribution in [-0.4, -0.2) is 67.9 Å². The predicted molar refractivity (Wildman–Crippen MR) is 127 cm³/mol. The molecule has 1 aromatic heterocycles. The van der Waals surface area contributed by atoms with E-state index in [4.69, 9.17) is 21.1 Å². The van der Waals surface area contributed by atoms with E-state index in [2.05, 4.69) is 4.90 Å². The molecule has 0 saturated carbocycles. The van der Waals surface area contributed by atoms with Gasteiger partial charge in [0, 0.05) is 30.0 Å². The lowest BCUT2D eigenvalue weighted by molar-refractivity contribution is 0.0421. The Balaban J connectivity index is 1.44. The zero-order valence-electron chi connectivity index (χ0n) is 18.5. The molecule has 0 radical (unpaired) electrons. The number of carbonyl (C=O) groups excluding carboxylic acids is 2. The normalized spacial score (nSPS) is 19.2. The van der Waals surface area contributed by atoms with Crippen LogP contribution in [0, 0.1) is 0 Å². The molecule has 2 aliphatic rings. The SMILES string of the molecule is CC(C)(C)N(C[C@H]1CN(c2ccc(N3CCOCC3)cc2)C(=O)O1)C(=O)c1ccc(Cl)s1. The van der Waals surface area contributed by atoms with E-state index in [9.17, 15) is 9.59 Å². The molecule has 2 aromatic rings. The van der Waals surface area contributed by atoms with Crippen molar-refractivity contribution in [2.24, 2.45) is 0 Å². The summed E-state index contributed by atoms with van der Waals surface area (Å²) in [5.41, 5.74) is 1.46. The molecule has 2 aliphatic heterocycles. The summed E-state index contributed by atoms with van der Waals surface area (Å²) in [4.78, 5) is 31.9. The van der Waals surface area contributed by atoms with Gasteiger partial charge in [0.25, 0.3) is 5.91 Å². The Bertz CT molecular complexity index is 966. The molecule has 0 spiro atoms. The van der Waals surface area contributed by atoms with Crippen LogP contribution in [0.25, 0.3) is 0 Å².